The average molecular weight is 436 g/mol. The topological polar surface area (TPSA) is 99.0 Å². The molecule has 0 aliphatic rings. The summed E-state index contributed by atoms with van der Waals surface area (Å²) in [6.45, 7) is 2.26. The zero-order valence-electron chi connectivity index (χ0n) is 17.1. The van der Waals surface area contributed by atoms with Crippen LogP contribution in [0.25, 0.3) is 11.4 Å². The largest absolute Gasteiger partial charge is 0.497 e. The van der Waals surface area contributed by atoms with Gasteiger partial charge in [0.15, 0.2) is 5.82 Å². The first-order valence-electron chi connectivity index (χ1n) is 9.54. The predicted molar refractivity (Wildman–Crippen MR) is 117 cm³/mol. The van der Waals surface area contributed by atoms with Crippen LogP contribution in [0.15, 0.2) is 78.0 Å². The minimum atomic E-state index is -3.95. The number of nitrogens with one attached hydrogen (secondary N) is 1. The normalized spacial score (nSPS) is 11.3. The fraction of sp³-hybridized carbons (Fsp3) is 0.136. The lowest BCUT2D eigenvalue weighted by Gasteiger charge is -2.10. The number of methoxy groups -OCH3 is 1. The van der Waals surface area contributed by atoms with Crippen LogP contribution >= 0.6 is 0 Å². The molecule has 0 aliphatic carbocycles. The third-order valence-corrected chi connectivity index (χ3v) is 6.23. The number of aryl methyl sites for hydroxylation is 1. The number of pyridine rings is 1. The quantitative estimate of drug-likeness (QED) is 0.474. The van der Waals surface area contributed by atoms with Crippen LogP contribution in [0.3, 0.4) is 0 Å². The zero-order chi connectivity index (χ0) is 21.8. The van der Waals surface area contributed by atoms with Gasteiger partial charge >= 0.3 is 0 Å². The molecule has 0 atom stereocenters. The summed E-state index contributed by atoms with van der Waals surface area (Å²) in [5.41, 5.74) is 2.52. The molecule has 4 aromatic rings. The van der Waals surface area contributed by atoms with Gasteiger partial charge in [-0.3, -0.25) is 4.98 Å². The molecule has 2 aromatic heterocycles. The van der Waals surface area contributed by atoms with Gasteiger partial charge in [-0.15, -0.1) is 9.19 Å². The van der Waals surface area contributed by atoms with E-state index in [9.17, 15) is 8.42 Å². The predicted octanol–water partition coefficient (Wildman–Crippen LogP) is 3.51. The molecule has 9 heteroatoms. The SMILES string of the molecule is COc1ccc(CNc2nc(-c3cccnc3)nn2S(=O)(=O)c2ccc(C)cc2)cc1. The minimum absolute atomic E-state index is 0.121. The first-order valence-corrected chi connectivity index (χ1v) is 11.0. The summed E-state index contributed by atoms with van der Waals surface area (Å²) in [7, 11) is -2.35. The van der Waals surface area contributed by atoms with Gasteiger partial charge in [0.1, 0.15) is 5.75 Å². The van der Waals surface area contributed by atoms with Gasteiger partial charge in [-0.1, -0.05) is 29.8 Å². The van der Waals surface area contributed by atoms with Gasteiger partial charge in [0, 0.05) is 24.5 Å². The van der Waals surface area contributed by atoms with E-state index in [2.05, 4.69) is 20.4 Å². The molecule has 0 saturated heterocycles. The van der Waals surface area contributed by atoms with Gasteiger partial charge in [0.25, 0.3) is 10.0 Å². The van der Waals surface area contributed by atoms with Crippen LogP contribution in [0.4, 0.5) is 5.95 Å². The van der Waals surface area contributed by atoms with Gasteiger partial charge in [0.2, 0.25) is 5.95 Å². The summed E-state index contributed by atoms with van der Waals surface area (Å²) in [6.07, 6.45) is 3.22. The number of aromatic nitrogens is 4. The Bertz CT molecular complexity index is 1270. The van der Waals surface area contributed by atoms with Crippen molar-refractivity contribution in [2.45, 2.75) is 18.4 Å². The van der Waals surface area contributed by atoms with Gasteiger partial charge in [-0.05, 0) is 48.9 Å². The van der Waals surface area contributed by atoms with E-state index in [1.54, 1.807) is 55.9 Å². The van der Waals surface area contributed by atoms with Crippen molar-refractivity contribution in [3.05, 3.63) is 84.2 Å². The maximum Gasteiger partial charge on any atom is 0.286 e. The van der Waals surface area contributed by atoms with Crippen molar-refractivity contribution >= 4 is 16.0 Å². The Labute approximate surface area is 180 Å². The van der Waals surface area contributed by atoms with Crippen molar-refractivity contribution in [2.75, 3.05) is 12.4 Å². The maximum atomic E-state index is 13.3. The number of rotatable bonds is 7. The van der Waals surface area contributed by atoms with E-state index >= 15 is 0 Å². The van der Waals surface area contributed by atoms with E-state index in [1.807, 2.05) is 31.2 Å². The number of nitrogens with zero attached hydrogens (tertiary/aromatic N) is 4. The van der Waals surface area contributed by atoms with E-state index in [-0.39, 0.29) is 16.7 Å². The highest BCUT2D eigenvalue weighted by Crippen LogP contribution is 2.23. The fourth-order valence-corrected chi connectivity index (χ4v) is 4.12. The highest BCUT2D eigenvalue weighted by Gasteiger charge is 2.24. The Morgan fingerprint density at radius 2 is 1.77 bits per heavy atom. The molecule has 0 unspecified atom stereocenters. The van der Waals surface area contributed by atoms with E-state index in [0.717, 1.165) is 21.0 Å². The van der Waals surface area contributed by atoms with Gasteiger partial charge < -0.3 is 10.1 Å². The molecule has 8 nitrogen and oxygen atoms in total. The van der Waals surface area contributed by atoms with Crippen molar-refractivity contribution in [3.63, 3.8) is 0 Å². The molecular weight excluding hydrogens is 414 g/mol. The molecule has 0 radical (unpaired) electrons. The molecule has 1 N–H and O–H groups in total. The van der Waals surface area contributed by atoms with Crippen LogP contribution in [-0.2, 0) is 16.6 Å². The standard InChI is InChI=1S/C22H21N5O3S/c1-16-5-11-20(12-6-16)31(28,29)27-22(24-14-17-7-9-19(30-2)10-8-17)25-21(26-27)18-4-3-13-23-15-18/h3-13,15H,14H2,1-2H3,(H,24,25,26). The van der Waals surface area contributed by atoms with Gasteiger partial charge in [-0.2, -0.15) is 13.4 Å². The van der Waals surface area contributed by atoms with Crippen LogP contribution < -0.4 is 10.1 Å². The number of benzene rings is 2. The maximum absolute atomic E-state index is 13.3. The van der Waals surface area contributed by atoms with Crippen LogP contribution in [-0.4, -0.2) is 34.7 Å². The highest BCUT2D eigenvalue weighted by atomic mass is 32.2. The van der Waals surface area contributed by atoms with Crippen molar-refractivity contribution in [1.82, 2.24) is 19.2 Å². The summed E-state index contributed by atoms with van der Waals surface area (Å²) in [5, 5.41) is 7.38. The second-order valence-electron chi connectivity index (χ2n) is 6.86. The highest BCUT2D eigenvalue weighted by molar-refractivity contribution is 7.90. The van der Waals surface area contributed by atoms with Crippen LogP contribution in [0.2, 0.25) is 0 Å². The fourth-order valence-electron chi connectivity index (χ4n) is 2.93. The molecule has 0 fully saturated rings. The number of anilines is 1. The molecule has 0 saturated carbocycles. The molecule has 2 aromatic carbocycles. The Morgan fingerprint density at radius 1 is 1.03 bits per heavy atom. The molecule has 0 aliphatic heterocycles. The smallest absolute Gasteiger partial charge is 0.286 e. The molecule has 2 heterocycles. The molecular formula is C22H21N5O3S. The van der Waals surface area contributed by atoms with Crippen molar-refractivity contribution in [2.24, 2.45) is 0 Å². The lowest BCUT2D eigenvalue weighted by Crippen LogP contribution is -2.18. The molecule has 0 bridgehead atoms. The van der Waals surface area contributed by atoms with Gasteiger partial charge in [0.05, 0.1) is 12.0 Å². The summed E-state index contributed by atoms with van der Waals surface area (Å²) in [4.78, 5) is 8.64. The average Bonchev–Trinajstić information content (AvgIpc) is 3.24. The third kappa shape index (κ3) is 4.41. The zero-order valence-corrected chi connectivity index (χ0v) is 17.9. The van der Waals surface area contributed by atoms with Crippen LogP contribution in [0, 0.1) is 6.92 Å². The Morgan fingerprint density at radius 3 is 2.42 bits per heavy atom. The Balaban J connectivity index is 1.71. The van der Waals surface area contributed by atoms with E-state index < -0.39 is 10.0 Å². The number of hydrogen-bond donors (Lipinski definition) is 1. The minimum Gasteiger partial charge on any atom is -0.497 e. The van der Waals surface area contributed by atoms with E-state index in [0.29, 0.717) is 12.1 Å². The number of hydrogen-bond acceptors (Lipinski definition) is 7. The molecule has 0 amide bonds. The first kappa shape index (κ1) is 20.5. The molecule has 31 heavy (non-hydrogen) atoms. The monoisotopic (exact) mass is 435 g/mol. The van der Waals surface area contributed by atoms with E-state index in [4.69, 9.17) is 4.74 Å². The van der Waals surface area contributed by atoms with Crippen molar-refractivity contribution < 1.29 is 13.2 Å². The van der Waals surface area contributed by atoms with Crippen molar-refractivity contribution in [3.8, 4) is 17.1 Å². The summed E-state index contributed by atoms with van der Waals surface area (Å²) in [6, 6.07) is 17.6. The summed E-state index contributed by atoms with van der Waals surface area (Å²) < 4.78 is 32.7. The summed E-state index contributed by atoms with van der Waals surface area (Å²) in [5.74, 6) is 1.13. The first-order chi connectivity index (χ1) is 15.0. The number of ether oxygens (including phenoxy) is 1. The van der Waals surface area contributed by atoms with Crippen molar-refractivity contribution in [1.29, 1.82) is 0 Å². The molecule has 158 valence electrons. The second kappa shape index (κ2) is 8.57. The van der Waals surface area contributed by atoms with Crippen LogP contribution in [0.5, 0.6) is 5.75 Å². The molecule has 4 rings (SSSR count). The summed E-state index contributed by atoms with van der Waals surface area (Å²) >= 11 is 0. The third-order valence-electron chi connectivity index (χ3n) is 4.65. The van der Waals surface area contributed by atoms with Gasteiger partial charge in [-0.25, -0.2) is 0 Å². The second-order valence-corrected chi connectivity index (χ2v) is 8.63. The Kier molecular flexibility index (Phi) is 5.68. The molecule has 0 spiro atoms. The lowest BCUT2D eigenvalue weighted by molar-refractivity contribution is 0.414. The Hall–Kier alpha value is -3.72. The lowest BCUT2D eigenvalue weighted by atomic mass is 10.2. The van der Waals surface area contributed by atoms with E-state index in [1.165, 1.54) is 0 Å². The van der Waals surface area contributed by atoms with Crippen LogP contribution in [0.1, 0.15) is 11.1 Å².